The van der Waals surface area contributed by atoms with Crippen molar-refractivity contribution in [3.8, 4) is 5.75 Å². The highest BCUT2D eigenvalue weighted by molar-refractivity contribution is 9.11. The number of hydrogen-bond acceptors (Lipinski definition) is 4. The summed E-state index contributed by atoms with van der Waals surface area (Å²) in [6.45, 7) is 1.08. The first-order chi connectivity index (χ1) is 9.99. The SMILES string of the molecule is COc1ccc(C(=O)CN(C)Cc2csc(Br)c2)cc1Cl. The van der Waals surface area contributed by atoms with Gasteiger partial charge in [0.2, 0.25) is 0 Å². The number of nitrogens with zero attached hydrogens (tertiary/aromatic N) is 1. The third-order valence-electron chi connectivity index (χ3n) is 2.96. The van der Waals surface area contributed by atoms with Crippen LogP contribution < -0.4 is 4.74 Å². The summed E-state index contributed by atoms with van der Waals surface area (Å²) in [7, 11) is 3.48. The highest BCUT2D eigenvalue weighted by atomic mass is 79.9. The summed E-state index contributed by atoms with van der Waals surface area (Å²) in [5.74, 6) is 0.612. The highest BCUT2D eigenvalue weighted by Crippen LogP contribution is 2.25. The summed E-state index contributed by atoms with van der Waals surface area (Å²) >= 11 is 11.1. The molecular formula is C15H15BrClNO2S. The standard InChI is InChI=1S/C15H15BrClNO2S/c1-18(7-10-5-15(16)21-9-10)8-13(19)11-3-4-14(20-2)12(17)6-11/h3-6,9H,7-8H2,1-2H3. The van der Waals surface area contributed by atoms with Crippen molar-refractivity contribution in [2.75, 3.05) is 20.7 Å². The van der Waals surface area contributed by atoms with E-state index in [2.05, 4.69) is 27.4 Å². The fourth-order valence-corrected chi connectivity index (χ4v) is 3.43. The van der Waals surface area contributed by atoms with Gasteiger partial charge in [0.15, 0.2) is 5.78 Å². The average Bonchev–Trinajstić information content (AvgIpc) is 2.83. The van der Waals surface area contributed by atoms with Crippen molar-refractivity contribution >= 4 is 44.7 Å². The molecule has 0 unspecified atom stereocenters. The molecule has 0 bridgehead atoms. The van der Waals surface area contributed by atoms with Crippen LogP contribution in [0.4, 0.5) is 0 Å². The van der Waals surface area contributed by atoms with Crippen molar-refractivity contribution < 1.29 is 9.53 Å². The van der Waals surface area contributed by atoms with Gasteiger partial charge in [-0.15, -0.1) is 11.3 Å². The summed E-state index contributed by atoms with van der Waals surface area (Å²) < 4.78 is 6.18. The van der Waals surface area contributed by atoms with Gasteiger partial charge >= 0.3 is 0 Å². The lowest BCUT2D eigenvalue weighted by molar-refractivity contribution is 0.0943. The molecule has 6 heteroatoms. The number of Topliss-reactive ketones (excluding diaryl/α,β-unsaturated/α-hetero) is 1. The topological polar surface area (TPSA) is 29.5 Å². The number of carbonyl (C=O) groups excluding carboxylic acids is 1. The maximum atomic E-state index is 12.3. The Hall–Kier alpha value is -0.880. The molecule has 0 atom stereocenters. The lowest BCUT2D eigenvalue weighted by atomic mass is 10.1. The monoisotopic (exact) mass is 387 g/mol. The Morgan fingerprint density at radius 3 is 2.76 bits per heavy atom. The molecule has 0 aliphatic carbocycles. The van der Waals surface area contributed by atoms with E-state index in [1.807, 2.05) is 11.9 Å². The number of ether oxygens (including phenoxy) is 1. The van der Waals surface area contributed by atoms with Gasteiger partial charge in [-0.1, -0.05) is 11.6 Å². The molecule has 0 aliphatic rings. The molecule has 0 saturated carbocycles. The minimum atomic E-state index is 0.0383. The molecule has 0 spiro atoms. The number of methoxy groups -OCH3 is 1. The third kappa shape index (κ3) is 4.54. The van der Waals surface area contributed by atoms with Gasteiger partial charge in [0.1, 0.15) is 5.75 Å². The summed E-state index contributed by atoms with van der Waals surface area (Å²) in [4.78, 5) is 14.2. The molecule has 1 heterocycles. The second-order valence-corrected chi connectivity index (χ2v) is 7.40. The van der Waals surface area contributed by atoms with Gasteiger partial charge in [0.05, 0.1) is 22.5 Å². The lowest BCUT2D eigenvalue weighted by Crippen LogP contribution is -2.25. The van der Waals surface area contributed by atoms with Crippen molar-refractivity contribution in [3.05, 3.63) is 49.6 Å². The van der Waals surface area contributed by atoms with Gasteiger partial charge in [-0.05, 0) is 58.2 Å². The van der Waals surface area contributed by atoms with Crippen LogP contribution in [-0.4, -0.2) is 31.4 Å². The molecule has 1 aromatic carbocycles. The summed E-state index contributed by atoms with van der Waals surface area (Å²) in [5, 5.41) is 2.53. The fraction of sp³-hybridized carbons (Fsp3) is 0.267. The van der Waals surface area contributed by atoms with E-state index in [1.165, 1.54) is 5.56 Å². The number of halogens is 2. The molecule has 21 heavy (non-hydrogen) atoms. The molecule has 2 rings (SSSR count). The number of carbonyl (C=O) groups is 1. The van der Waals surface area contributed by atoms with E-state index in [4.69, 9.17) is 16.3 Å². The van der Waals surface area contributed by atoms with Gasteiger partial charge in [-0.2, -0.15) is 0 Å². The summed E-state index contributed by atoms with van der Waals surface area (Å²) in [5.41, 5.74) is 1.79. The number of hydrogen-bond donors (Lipinski definition) is 0. The lowest BCUT2D eigenvalue weighted by Gasteiger charge is -2.15. The predicted molar refractivity (Wildman–Crippen MR) is 90.7 cm³/mol. The van der Waals surface area contributed by atoms with Crippen molar-refractivity contribution in [3.63, 3.8) is 0 Å². The van der Waals surface area contributed by atoms with E-state index in [0.29, 0.717) is 22.9 Å². The first-order valence-electron chi connectivity index (χ1n) is 6.28. The van der Waals surface area contributed by atoms with E-state index < -0.39 is 0 Å². The average molecular weight is 389 g/mol. The van der Waals surface area contributed by atoms with Crippen LogP contribution in [0.1, 0.15) is 15.9 Å². The van der Waals surface area contributed by atoms with E-state index >= 15 is 0 Å². The van der Waals surface area contributed by atoms with Crippen LogP contribution in [0.15, 0.2) is 33.4 Å². The van der Waals surface area contributed by atoms with Crippen LogP contribution in [0.5, 0.6) is 5.75 Å². The van der Waals surface area contributed by atoms with Gasteiger partial charge in [-0.25, -0.2) is 0 Å². The zero-order chi connectivity index (χ0) is 15.4. The fourth-order valence-electron chi connectivity index (χ4n) is 1.97. The Morgan fingerprint density at radius 2 is 2.19 bits per heavy atom. The Kier molecular flexibility index (Phi) is 5.81. The van der Waals surface area contributed by atoms with Crippen LogP contribution >= 0.6 is 38.9 Å². The van der Waals surface area contributed by atoms with Crippen LogP contribution in [0.2, 0.25) is 5.02 Å². The molecule has 0 N–H and O–H groups in total. The number of benzene rings is 1. The van der Waals surface area contributed by atoms with Crippen LogP contribution in [0.3, 0.4) is 0 Å². The molecule has 3 nitrogen and oxygen atoms in total. The van der Waals surface area contributed by atoms with Crippen molar-refractivity contribution in [2.24, 2.45) is 0 Å². The second-order valence-electron chi connectivity index (χ2n) is 4.70. The Labute approximate surface area is 141 Å². The van der Waals surface area contributed by atoms with Crippen molar-refractivity contribution in [1.82, 2.24) is 4.90 Å². The normalized spacial score (nSPS) is 10.9. The maximum Gasteiger partial charge on any atom is 0.176 e. The van der Waals surface area contributed by atoms with Gasteiger partial charge in [0.25, 0.3) is 0 Å². The van der Waals surface area contributed by atoms with Crippen molar-refractivity contribution in [2.45, 2.75) is 6.54 Å². The Morgan fingerprint density at radius 1 is 1.43 bits per heavy atom. The molecule has 0 amide bonds. The Bertz CT molecular complexity index is 644. The van der Waals surface area contributed by atoms with Crippen LogP contribution in [0.25, 0.3) is 0 Å². The molecule has 0 aliphatic heterocycles. The van der Waals surface area contributed by atoms with E-state index in [9.17, 15) is 4.79 Å². The van der Waals surface area contributed by atoms with E-state index in [-0.39, 0.29) is 5.78 Å². The predicted octanol–water partition coefficient (Wildman–Crippen LogP) is 4.49. The molecule has 0 saturated heterocycles. The molecular weight excluding hydrogens is 374 g/mol. The quantitative estimate of drug-likeness (QED) is 0.683. The smallest absolute Gasteiger partial charge is 0.176 e. The zero-order valence-corrected chi connectivity index (χ0v) is 14.9. The highest BCUT2D eigenvalue weighted by Gasteiger charge is 2.12. The molecule has 0 radical (unpaired) electrons. The van der Waals surface area contributed by atoms with Crippen LogP contribution in [0, 0.1) is 0 Å². The largest absolute Gasteiger partial charge is 0.495 e. The third-order valence-corrected chi connectivity index (χ3v) is 4.81. The maximum absolute atomic E-state index is 12.3. The number of likely N-dealkylation sites (N-methyl/N-ethyl adjacent to an activating group) is 1. The second kappa shape index (κ2) is 7.40. The molecule has 1 aromatic heterocycles. The van der Waals surface area contributed by atoms with Crippen LogP contribution in [-0.2, 0) is 6.54 Å². The van der Waals surface area contributed by atoms with E-state index in [0.717, 1.165) is 10.3 Å². The van der Waals surface area contributed by atoms with Crippen molar-refractivity contribution in [1.29, 1.82) is 0 Å². The first kappa shape index (κ1) is 16.5. The summed E-state index contributed by atoms with van der Waals surface area (Å²) in [6, 6.07) is 7.17. The van der Waals surface area contributed by atoms with Gasteiger partial charge in [-0.3, -0.25) is 9.69 Å². The first-order valence-corrected chi connectivity index (χ1v) is 8.33. The number of thiophene rings is 1. The van der Waals surface area contributed by atoms with Gasteiger partial charge in [0, 0.05) is 12.1 Å². The number of rotatable bonds is 6. The minimum Gasteiger partial charge on any atom is -0.495 e. The molecule has 0 fully saturated rings. The van der Waals surface area contributed by atoms with Gasteiger partial charge < -0.3 is 4.74 Å². The zero-order valence-electron chi connectivity index (χ0n) is 11.7. The molecule has 112 valence electrons. The summed E-state index contributed by atoms with van der Waals surface area (Å²) in [6.07, 6.45) is 0. The van der Waals surface area contributed by atoms with E-state index in [1.54, 1.807) is 36.6 Å². The molecule has 2 aromatic rings. The number of ketones is 1. The minimum absolute atomic E-state index is 0.0383. The Balaban J connectivity index is 1.98.